The molecule has 1 aromatic heterocycles. The average molecular weight is 264 g/mol. The quantitative estimate of drug-likeness (QED) is 0.645. The third-order valence-corrected chi connectivity index (χ3v) is 3.04. The molecule has 0 aliphatic carbocycles. The Morgan fingerprint density at radius 1 is 1.32 bits per heavy atom. The van der Waals surface area contributed by atoms with E-state index in [-0.39, 0.29) is 11.3 Å². The van der Waals surface area contributed by atoms with Crippen LogP contribution in [-0.2, 0) is 5.41 Å². The van der Waals surface area contributed by atoms with Gasteiger partial charge in [-0.15, -0.1) is 0 Å². The van der Waals surface area contributed by atoms with Gasteiger partial charge >= 0.3 is 0 Å². The maximum absolute atomic E-state index is 12.4. The highest BCUT2D eigenvalue weighted by Crippen LogP contribution is 2.23. The summed E-state index contributed by atoms with van der Waals surface area (Å²) in [6.45, 7) is 11.5. The van der Waals surface area contributed by atoms with E-state index in [0.717, 1.165) is 5.69 Å². The molecule has 0 aliphatic rings. The largest absolute Gasteiger partial charge is 0.339 e. The van der Waals surface area contributed by atoms with Crippen molar-refractivity contribution in [2.45, 2.75) is 40.0 Å². The molecule has 0 aromatic carbocycles. The second-order valence-electron chi connectivity index (χ2n) is 5.50. The molecule has 1 heterocycles. The number of nitrogen functional groups attached to an aromatic ring is 1. The van der Waals surface area contributed by atoms with Crippen molar-refractivity contribution in [1.82, 2.24) is 9.88 Å². The minimum atomic E-state index is -0.134. The summed E-state index contributed by atoms with van der Waals surface area (Å²) in [5, 5.41) is 0. The summed E-state index contributed by atoms with van der Waals surface area (Å²) in [7, 11) is 0. The second kappa shape index (κ2) is 6.02. The standard InChI is InChI=1S/C14H24N4O/c1-6-18(7-2)13(19)10-8-11(14(3,4)5)16-12(9-10)17-15/h8-9H,6-7,15H2,1-5H3,(H,16,17). The van der Waals surface area contributed by atoms with Gasteiger partial charge in [-0.05, 0) is 26.0 Å². The molecule has 1 aromatic rings. The Kier molecular flexibility index (Phi) is 4.89. The van der Waals surface area contributed by atoms with Crippen molar-refractivity contribution in [2.75, 3.05) is 18.5 Å². The first-order chi connectivity index (χ1) is 8.83. The topological polar surface area (TPSA) is 71.2 Å². The van der Waals surface area contributed by atoms with Crippen LogP contribution in [0.5, 0.6) is 0 Å². The molecule has 0 unspecified atom stereocenters. The van der Waals surface area contributed by atoms with Crippen LogP contribution in [0.4, 0.5) is 5.82 Å². The first kappa shape index (κ1) is 15.4. The smallest absolute Gasteiger partial charge is 0.254 e. The number of hydrogen-bond donors (Lipinski definition) is 2. The maximum atomic E-state index is 12.4. The van der Waals surface area contributed by atoms with Gasteiger partial charge in [0.05, 0.1) is 0 Å². The van der Waals surface area contributed by atoms with Gasteiger partial charge in [-0.2, -0.15) is 0 Å². The first-order valence-corrected chi connectivity index (χ1v) is 6.61. The molecule has 0 saturated heterocycles. The molecule has 3 N–H and O–H groups in total. The van der Waals surface area contributed by atoms with Crippen molar-refractivity contribution in [3.63, 3.8) is 0 Å². The van der Waals surface area contributed by atoms with Crippen molar-refractivity contribution in [3.8, 4) is 0 Å². The van der Waals surface area contributed by atoms with E-state index in [0.29, 0.717) is 24.5 Å². The highest BCUT2D eigenvalue weighted by atomic mass is 16.2. The van der Waals surface area contributed by atoms with Crippen molar-refractivity contribution in [1.29, 1.82) is 0 Å². The Morgan fingerprint density at radius 2 is 1.89 bits per heavy atom. The summed E-state index contributed by atoms with van der Waals surface area (Å²) in [5.74, 6) is 5.96. The monoisotopic (exact) mass is 264 g/mol. The fourth-order valence-electron chi connectivity index (χ4n) is 1.81. The molecular formula is C14H24N4O. The van der Waals surface area contributed by atoms with Gasteiger partial charge in [-0.3, -0.25) is 4.79 Å². The molecule has 0 radical (unpaired) electrons. The number of anilines is 1. The molecule has 0 bridgehead atoms. The Bertz CT molecular complexity index is 447. The number of nitrogens with zero attached hydrogens (tertiary/aromatic N) is 2. The van der Waals surface area contributed by atoms with E-state index in [4.69, 9.17) is 5.84 Å². The van der Waals surface area contributed by atoms with E-state index in [9.17, 15) is 4.79 Å². The van der Waals surface area contributed by atoms with Gasteiger partial charge in [0.25, 0.3) is 5.91 Å². The Morgan fingerprint density at radius 3 is 2.32 bits per heavy atom. The Labute approximate surface area is 115 Å². The predicted molar refractivity (Wildman–Crippen MR) is 78.0 cm³/mol. The number of aromatic nitrogens is 1. The summed E-state index contributed by atoms with van der Waals surface area (Å²) in [5.41, 5.74) is 3.86. The summed E-state index contributed by atoms with van der Waals surface area (Å²) in [6.07, 6.45) is 0. The van der Waals surface area contributed by atoms with Gasteiger partial charge < -0.3 is 10.3 Å². The number of amides is 1. The van der Waals surface area contributed by atoms with E-state index in [1.54, 1.807) is 11.0 Å². The zero-order valence-corrected chi connectivity index (χ0v) is 12.4. The van der Waals surface area contributed by atoms with E-state index >= 15 is 0 Å². The molecule has 106 valence electrons. The minimum Gasteiger partial charge on any atom is -0.339 e. The van der Waals surface area contributed by atoms with Crippen LogP contribution in [0.15, 0.2) is 12.1 Å². The molecule has 0 saturated carbocycles. The SMILES string of the molecule is CCN(CC)C(=O)c1cc(NN)nc(C(C)(C)C)c1. The van der Waals surface area contributed by atoms with E-state index in [1.165, 1.54) is 0 Å². The van der Waals surface area contributed by atoms with Gasteiger partial charge in [0.15, 0.2) is 0 Å². The number of hydrazine groups is 1. The van der Waals surface area contributed by atoms with Crippen LogP contribution in [0.3, 0.4) is 0 Å². The van der Waals surface area contributed by atoms with Crippen LogP contribution < -0.4 is 11.3 Å². The molecular weight excluding hydrogens is 240 g/mol. The highest BCUT2D eigenvalue weighted by Gasteiger charge is 2.20. The number of rotatable bonds is 4. The molecule has 1 rings (SSSR count). The summed E-state index contributed by atoms with van der Waals surface area (Å²) in [6, 6.07) is 3.54. The third-order valence-electron chi connectivity index (χ3n) is 3.04. The molecule has 0 atom stereocenters. The average Bonchev–Trinajstić information content (AvgIpc) is 2.38. The zero-order chi connectivity index (χ0) is 14.6. The second-order valence-corrected chi connectivity index (χ2v) is 5.50. The van der Waals surface area contributed by atoms with Crippen LogP contribution in [0.25, 0.3) is 0 Å². The molecule has 0 fully saturated rings. The number of carbonyl (C=O) groups excluding carboxylic acids is 1. The number of nitrogens with one attached hydrogen (secondary N) is 1. The van der Waals surface area contributed by atoms with Gasteiger partial charge in [-0.25, -0.2) is 10.8 Å². The molecule has 5 heteroatoms. The van der Waals surface area contributed by atoms with Crippen LogP contribution in [-0.4, -0.2) is 28.9 Å². The van der Waals surface area contributed by atoms with Crippen LogP contribution in [0, 0.1) is 0 Å². The fourth-order valence-corrected chi connectivity index (χ4v) is 1.81. The normalized spacial score (nSPS) is 11.3. The molecule has 0 aliphatic heterocycles. The van der Waals surface area contributed by atoms with Gasteiger partial charge in [0.2, 0.25) is 0 Å². The Balaban J connectivity index is 3.24. The molecule has 0 spiro atoms. The third kappa shape index (κ3) is 3.67. The predicted octanol–water partition coefficient (Wildman–Crippen LogP) is 2.15. The molecule has 19 heavy (non-hydrogen) atoms. The first-order valence-electron chi connectivity index (χ1n) is 6.61. The lowest BCUT2D eigenvalue weighted by atomic mass is 9.90. The number of nitrogens with two attached hydrogens (primary N) is 1. The Hall–Kier alpha value is -1.62. The zero-order valence-electron chi connectivity index (χ0n) is 12.4. The summed E-state index contributed by atoms with van der Waals surface area (Å²) < 4.78 is 0. The number of pyridine rings is 1. The van der Waals surface area contributed by atoms with Crippen LogP contribution >= 0.6 is 0 Å². The van der Waals surface area contributed by atoms with Crippen LogP contribution in [0.2, 0.25) is 0 Å². The van der Waals surface area contributed by atoms with Gasteiger partial charge in [0.1, 0.15) is 5.82 Å². The maximum Gasteiger partial charge on any atom is 0.254 e. The lowest BCUT2D eigenvalue weighted by Gasteiger charge is -2.22. The van der Waals surface area contributed by atoms with E-state index < -0.39 is 0 Å². The lowest BCUT2D eigenvalue weighted by Crippen LogP contribution is -2.31. The molecule has 5 nitrogen and oxygen atoms in total. The van der Waals surface area contributed by atoms with Crippen molar-refractivity contribution >= 4 is 11.7 Å². The van der Waals surface area contributed by atoms with Crippen LogP contribution in [0.1, 0.15) is 50.7 Å². The van der Waals surface area contributed by atoms with E-state index in [2.05, 4.69) is 31.2 Å². The number of hydrogen-bond acceptors (Lipinski definition) is 4. The van der Waals surface area contributed by atoms with E-state index in [1.807, 2.05) is 19.9 Å². The van der Waals surface area contributed by atoms with Gasteiger partial charge in [-0.1, -0.05) is 20.8 Å². The fraction of sp³-hybridized carbons (Fsp3) is 0.571. The van der Waals surface area contributed by atoms with Gasteiger partial charge in [0, 0.05) is 29.8 Å². The van der Waals surface area contributed by atoms with Crippen molar-refractivity contribution in [2.24, 2.45) is 5.84 Å². The minimum absolute atomic E-state index is 0.00870. The summed E-state index contributed by atoms with van der Waals surface area (Å²) >= 11 is 0. The van der Waals surface area contributed by atoms with Crippen molar-refractivity contribution in [3.05, 3.63) is 23.4 Å². The highest BCUT2D eigenvalue weighted by molar-refractivity contribution is 5.95. The lowest BCUT2D eigenvalue weighted by molar-refractivity contribution is 0.0772. The number of carbonyl (C=O) groups is 1. The molecule has 1 amide bonds. The summed E-state index contributed by atoms with van der Waals surface area (Å²) in [4.78, 5) is 18.6. The van der Waals surface area contributed by atoms with Crippen molar-refractivity contribution < 1.29 is 4.79 Å².